The summed E-state index contributed by atoms with van der Waals surface area (Å²) in [7, 11) is 2.02. The molecule has 0 saturated carbocycles. The van der Waals surface area contributed by atoms with Crippen molar-refractivity contribution in [1.82, 2.24) is 0 Å². The van der Waals surface area contributed by atoms with E-state index in [-0.39, 0.29) is 24.0 Å². The average molecular weight is 434 g/mol. The Labute approximate surface area is 160 Å². The Morgan fingerprint density at radius 1 is 0.958 bits per heavy atom. The van der Waals surface area contributed by atoms with Gasteiger partial charge in [0.05, 0.1) is 6.08 Å². The second kappa shape index (κ2) is 8.33. The minimum atomic E-state index is 0. The summed E-state index contributed by atoms with van der Waals surface area (Å²) in [5.41, 5.74) is 4.44. The minimum Gasteiger partial charge on any atom is -1.00 e. The number of halogens is 1. The lowest BCUT2D eigenvalue weighted by Crippen LogP contribution is -3.00. The number of para-hydroxylation sites is 2. The van der Waals surface area contributed by atoms with E-state index in [2.05, 4.69) is 59.7 Å². The molecule has 0 aliphatic carbocycles. The number of anilines is 1. The molecule has 1 aromatic heterocycles. The van der Waals surface area contributed by atoms with E-state index >= 15 is 0 Å². The molecule has 0 fully saturated rings. The van der Waals surface area contributed by atoms with Crippen LogP contribution in [-0.4, -0.2) is 13.1 Å². The Hall–Kier alpha value is -1.82. The highest BCUT2D eigenvalue weighted by atomic mass is 127. The molecule has 0 aliphatic heterocycles. The monoisotopic (exact) mass is 434 g/mol. The largest absolute Gasteiger partial charge is 1.00 e. The van der Waals surface area contributed by atoms with E-state index in [4.69, 9.17) is 4.42 Å². The molecule has 126 valence electrons. The van der Waals surface area contributed by atoms with E-state index in [1.807, 2.05) is 31.3 Å². The molecule has 0 atom stereocenters. The van der Waals surface area contributed by atoms with Gasteiger partial charge in [0.2, 0.25) is 5.58 Å². The van der Waals surface area contributed by atoms with Crippen LogP contribution in [0.3, 0.4) is 0 Å². The van der Waals surface area contributed by atoms with Gasteiger partial charge in [0.15, 0.2) is 0 Å². The molecule has 0 amide bonds. The Bertz CT molecular complexity index is 817. The number of benzene rings is 2. The molecule has 2 aromatic carbocycles. The molecule has 3 aromatic rings. The molecule has 3 rings (SSSR count). The second-order valence-corrected chi connectivity index (χ2v) is 5.56. The van der Waals surface area contributed by atoms with Crippen molar-refractivity contribution in [3.63, 3.8) is 0 Å². The van der Waals surface area contributed by atoms with Crippen LogP contribution in [-0.2, 0) is 7.05 Å². The molecule has 0 aliphatic rings. The zero-order valence-electron chi connectivity index (χ0n) is 14.4. The van der Waals surface area contributed by atoms with Crippen LogP contribution in [0.4, 0.5) is 5.69 Å². The van der Waals surface area contributed by atoms with Gasteiger partial charge in [-0.25, -0.2) is 0 Å². The third kappa shape index (κ3) is 3.80. The second-order valence-electron chi connectivity index (χ2n) is 5.56. The van der Waals surface area contributed by atoms with E-state index in [0.29, 0.717) is 0 Å². The molecular formula is C20H23IN2O. The molecule has 0 radical (unpaired) electrons. The molecule has 0 N–H and O–H groups in total. The first kappa shape index (κ1) is 18.5. The van der Waals surface area contributed by atoms with Crippen LogP contribution in [0.15, 0.2) is 52.9 Å². The highest BCUT2D eigenvalue weighted by Gasteiger charge is 2.15. The number of aromatic nitrogens is 1. The quantitative estimate of drug-likeness (QED) is 0.446. The summed E-state index contributed by atoms with van der Waals surface area (Å²) < 4.78 is 7.95. The number of hydrogen-bond acceptors (Lipinski definition) is 2. The fourth-order valence-electron chi connectivity index (χ4n) is 2.82. The van der Waals surface area contributed by atoms with Crippen LogP contribution < -0.4 is 33.4 Å². The first-order valence-corrected chi connectivity index (χ1v) is 8.13. The lowest BCUT2D eigenvalue weighted by atomic mass is 10.2. The van der Waals surface area contributed by atoms with Crippen molar-refractivity contribution in [2.75, 3.05) is 18.0 Å². The van der Waals surface area contributed by atoms with Gasteiger partial charge in [-0.3, -0.25) is 0 Å². The Kier molecular flexibility index (Phi) is 6.43. The molecule has 0 saturated heterocycles. The predicted molar refractivity (Wildman–Crippen MR) is 96.3 cm³/mol. The van der Waals surface area contributed by atoms with Gasteiger partial charge in [-0.1, -0.05) is 24.3 Å². The summed E-state index contributed by atoms with van der Waals surface area (Å²) in [5.74, 6) is 0.846. The Morgan fingerprint density at radius 3 is 2.25 bits per heavy atom. The summed E-state index contributed by atoms with van der Waals surface area (Å²) in [6, 6.07) is 16.7. The highest BCUT2D eigenvalue weighted by Crippen LogP contribution is 2.17. The van der Waals surface area contributed by atoms with Gasteiger partial charge in [0.25, 0.3) is 5.52 Å². The van der Waals surface area contributed by atoms with Gasteiger partial charge in [-0.05, 0) is 43.7 Å². The molecule has 24 heavy (non-hydrogen) atoms. The van der Waals surface area contributed by atoms with Crippen LogP contribution in [0, 0.1) is 0 Å². The lowest BCUT2D eigenvalue weighted by Gasteiger charge is -2.20. The average Bonchev–Trinajstić information content (AvgIpc) is 2.92. The fourth-order valence-corrected chi connectivity index (χ4v) is 2.82. The molecule has 1 heterocycles. The van der Waals surface area contributed by atoms with E-state index in [9.17, 15) is 0 Å². The van der Waals surface area contributed by atoms with E-state index in [1.54, 1.807) is 0 Å². The zero-order valence-corrected chi connectivity index (χ0v) is 16.5. The van der Waals surface area contributed by atoms with E-state index < -0.39 is 0 Å². The van der Waals surface area contributed by atoms with Crippen LogP contribution in [0.1, 0.15) is 25.3 Å². The first-order valence-electron chi connectivity index (χ1n) is 8.13. The third-order valence-corrected chi connectivity index (χ3v) is 4.21. The fraction of sp³-hybridized carbons (Fsp3) is 0.250. The van der Waals surface area contributed by atoms with Crippen molar-refractivity contribution in [2.24, 2.45) is 7.05 Å². The number of nitrogens with zero attached hydrogens (tertiary/aromatic N) is 2. The number of hydrogen-bond donors (Lipinski definition) is 0. The standard InChI is InChI=1S/C20H23N2O.HI/c1-4-22(5-2)17-13-10-16(11-14-17)12-15-20-21(3)18-8-6-7-9-19(18)23-20;/h6-15H,4-5H2,1-3H3;1H/q+1;/p-1. The van der Waals surface area contributed by atoms with Crippen LogP contribution >= 0.6 is 0 Å². The third-order valence-electron chi connectivity index (χ3n) is 4.21. The van der Waals surface area contributed by atoms with Crippen molar-refractivity contribution in [3.05, 3.63) is 60.0 Å². The van der Waals surface area contributed by atoms with Crippen molar-refractivity contribution in [3.8, 4) is 0 Å². The molecule has 0 spiro atoms. The number of fused-ring (bicyclic) bond motifs is 1. The van der Waals surface area contributed by atoms with Crippen LogP contribution in [0.2, 0.25) is 0 Å². The van der Waals surface area contributed by atoms with Gasteiger partial charge in [0, 0.05) is 24.8 Å². The van der Waals surface area contributed by atoms with Crippen molar-refractivity contribution >= 4 is 28.9 Å². The van der Waals surface area contributed by atoms with E-state index in [0.717, 1.165) is 30.1 Å². The topological polar surface area (TPSA) is 20.3 Å². The molecular weight excluding hydrogens is 411 g/mol. The Morgan fingerprint density at radius 2 is 1.62 bits per heavy atom. The minimum absolute atomic E-state index is 0. The van der Waals surface area contributed by atoms with Gasteiger partial charge < -0.3 is 33.3 Å². The van der Waals surface area contributed by atoms with Crippen molar-refractivity contribution < 1.29 is 33.0 Å². The van der Waals surface area contributed by atoms with E-state index in [1.165, 1.54) is 11.3 Å². The normalized spacial score (nSPS) is 11.0. The first-order chi connectivity index (χ1) is 11.2. The van der Waals surface area contributed by atoms with Crippen LogP contribution in [0.25, 0.3) is 23.3 Å². The number of oxazole rings is 1. The molecule has 0 bridgehead atoms. The Balaban J connectivity index is 0.00000208. The molecule has 3 nitrogen and oxygen atoms in total. The summed E-state index contributed by atoms with van der Waals surface area (Å²) >= 11 is 0. The summed E-state index contributed by atoms with van der Waals surface area (Å²) in [5, 5.41) is 0. The SMILES string of the molecule is CCN(CC)c1ccc(C=Cc2oc3ccccc3[n+]2C)cc1.[I-]. The van der Waals surface area contributed by atoms with Crippen molar-refractivity contribution in [1.29, 1.82) is 0 Å². The zero-order chi connectivity index (χ0) is 16.2. The maximum absolute atomic E-state index is 5.89. The highest BCUT2D eigenvalue weighted by molar-refractivity contribution is 5.72. The maximum atomic E-state index is 5.89. The van der Waals surface area contributed by atoms with Gasteiger partial charge in [-0.2, -0.15) is 4.57 Å². The summed E-state index contributed by atoms with van der Waals surface area (Å²) in [6.45, 7) is 6.42. The lowest BCUT2D eigenvalue weighted by molar-refractivity contribution is -0.651. The smallest absolute Gasteiger partial charge is 0.373 e. The summed E-state index contributed by atoms with van der Waals surface area (Å²) in [6.07, 6.45) is 4.11. The van der Waals surface area contributed by atoms with Gasteiger partial charge in [0.1, 0.15) is 7.05 Å². The number of aryl methyl sites for hydroxylation is 1. The maximum Gasteiger partial charge on any atom is 0.373 e. The molecule has 0 unspecified atom stereocenters. The van der Waals surface area contributed by atoms with Crippen molar-refractivity contribution in [2.45, 2.75) is 13.8 Å². The molecule has 4 heteroatoms. The van der Waals surface area contributed by atoms with Gasteiger partial charge in [-0.15, -0.1) is 0 Å². The predicted octanol–water partition coefficient (Wildman–Crippen LogP) is 1.28. The summed E-state index contributed by atoms with van der Waals surface area (Å²) in [4.78, 5) is 2.34. The van der Waals surface area contributed by atoms with Crippen LogP contribution in [0.5, 0.6) is 0 Å². The number of rotatable bonds is 5. The van der Waals surface area contributed by atoms with Gasteiger partial charge >= 0.3 is 5.89 Å².